The summed E-state index contributed by atoms with van der Waals surface area (Å²) in [5, 5.41) is 11.9. The second kappa shape index (κ2) is 4.74. The van der Waals surface area contributed by atoms with Crippen LogP contribution in [0.5, 0.6) is 0 Å². The Balaban J connectivity index is 2.75. The van der Waals surface area contributed by atoms with E-state index >= 15 is 0 Å². The highest BCUT2D eigenvalue weighted by molar-refractivity contribution is 7.99. The van der Waals surface area contributed by atoms with E-state index in [0.29, 0.717) is 5.75 Å². The predicted octanol–water partition coefficient (Wildman–Crippen LogP) is 2.03. The number of halogens is 3. The summed E-state index contributed by atoms with van der Waals surface area (Å²) >= 11 is 1.59. The van der Waals surface area contributed by atoms with Crippen molar-refractivity contribution in [3.8, 4) is 0 Å². The van der Waals surface area contributed by atoms with E-state index in [2.05, 4.69) is 5.32 Å². The third-order valence-electron chi connectivity index (χ3n) is 3.41. The Hall–Kier alpha value is 0.0600. The monoisotopic (exact) mass is 257 g/mol. The first-order valence-corrected chi connectivity index (χ1v) is 6.38. The molecule has 0 aromatic rings. The lowest BCUT2D eigenvalue weighted by Crippen LogP contribution is -2.64. The van der Waals surface area contributed by atoms with Gasteiger partial charge < -0.3 is 5.11 Å². The van der Waals surface area contributed by atoms with E-state index in [1.165, 1.54) is 0 Å². The van der Waals surface area contributed by atoms with Gasteiger partial charge in [-0.3, -0.25) is 5.32 Å². The highest BCUT2D eigenvalue weighted by atomic mass is 32.2. The van der Waals surface area contributed by atoms with Crippen molar-refractivity contribution in [2.45, 2.75) is 32.0 Å². The summed E-state index contributed by atoms with van der Waals surface area (Å²) in [6.07, 6.45) is -3.43. The number of rotatable bonds is 3. The van der Waals surface area contributed by atoms with E-state index in [-0.39, 0.29) is 12.0 Å². The molecular weight excluding hydrogens is 239 g/mol. The molecule has 6 heteroatoms. The van der Waals surface area contributed by atoms with Gasteiger partial charge in [0.15, 0.2) is 0 Å². The standard InChI is InChI=1S/C10H18F3NOS/c1-8(2)3-4-16-7-9(8,6-15)14-5-10(11,12)13/h14-15H,3-7H2,1-2H3. The van der Waals surface area contributed by atoms with E-state index in [0.717, 1.165) is 12.2 Å². The van der Waals surface area contributed by atoms with Gasteiger partial charge in [-0.2, -0.15) is 24.9 Å². The van der Waals surface area contributed by atoms with Crippen LogP contribution in [0.15, 0.2) is 0 Å². The highest BCUT2D eigenvalue weighted by Gasteiger charge is 2.48. The van der Waals surface area contributed by atoms with E-state index in [9.17, 15) is 18.3 Å². The molecule has 1 aliphatic rings. The second-order valence-electron chi connectivity index (χ2n) is 4.90. The number of aliphatic hydroxyl groups is 1. The lowest BCUT2D eigenvalue weighted by molar-refractivity contribution is -0.133. The Labute approximate surface area is 98.0 Å². The Morgan fingerprint density at radius 3 is 2.44 bits per heavy atom. The maximum absolute atomic E-state index is 12.2. The van der Waals surface area contributed by atoms with Gasteiger partial charge in [-0.1, -0.05) is 13.8 Å². The minimum absolute atomic E-state index is 0.261. The Kier molecular flexibility index (Phi) is 4.18. The number of aliphatic hydroxyl groups excluding tert-OH is 1. The van der Waals surface area contributed by atoms with Crippen LogP contribution in [0.2, 0.25) is 0 Å². The zero-order valence-electron chi connectivity index (χ0n) is 9.52. The van der Waals surface area contributed by atoms with Gasteiger partial charge in [0, 0.05) is 5.75 Å². The van der Waals surface area contributed by atoms with Crippen LogP contribution in [0, 0.1) is 5.41 Å². The molecule has 1 saturated heterocycles. The van der Waals surface area contributed by atoms with Crippen molar-refractivity contribution < 1.29 is 18.3 Å². The van der Waals surface area contributed by atoms with Crippen molar-refractivity contribution in [2.24, 2.45) is 5.41 Å². The minimum atomic E-state index is -4.24. The zero-order chi connectivity index (χ0) is 12.4. The number of alkyl halides is 3. The minimum Gasteiger partial charge on any atom is -0.394 e. The van der Waals surface area contributed by atoms with E-state index in [1.54, 1.807) is 11.8 Å². The third-order valence-corrected chi connectivity index (χ3v) is 4.60. The first kappa shape index (κ1) is 14.1. The molecular formula is C10H18F3NOS. The molecule has 2 N–H and O–H groups in total. The molecule has 1 heterocycles. The fourth-order valence-corrected chi connectivity index (χ4v) is 3.62. The zero-order valence-corrected chi connectivity index (χ0v) is 10.3. The van der Waals surface area contributed by atoms with Gasteiger partial charge in [0.1, 0.15) is 0 Å². The van der Waals surface area contributed by atoms with Crippen molar-refractivity contribution >= 4 is 11.8 Å². The average Bonchev–Trinajstić information content (AvgIpc) is 2.15. The molecule has 0 aromatic carbocycles. The number of nitrogens with one attached hydrogen (secondary N) is 1. The molecule has 0 saturated carbocycles. The quantitative estimate of drug-likeness (QED) is 0.811. The lowest BCUT2D eigenvalue weighted by Gasteiger charge is -2.49. The van der Waals surface area contributed by atoms with E-state index < -0.39 is 18.3 Å². The van der Waals surface area contributed by atoms with Crippen LogP contribution >= 0.6 is 11.8 Å². The van der Waals surface area contributed by atoms with Gasteiger partial charge in [0.25, 0.3) is 0 Å². The van der Waals surface area contributed by atoms with Crippen molar-refractivity contribution in [1.29, 1.82) is 0 Å². The number of hydrogen-bond acceptors (Lipinski definition) is 3. The predicted molar refractivity (Wildman–Crippen MR) is 59.6 cm³/mol. The maximum atomic E-state index is 12.2. The van der Waals surface area contributed by atoms with Crippen LogP contribution in [0.3, 0.4) is 0 Å². The molecule has 1 fully saturated rings. The van der Waals surface area contributed by atoms with Crippen LogP contribution in [0.1, 0.15) is 20.3 Å². The number of thioether (sulfide) groups is 1. The highest BCUT2D eigenvalue weighted by Crippen LogP contribution is 2.42. The molecule has 16 heavy (non-hydrogen) atoms. The van der Waals surface area contributed by atoms with Gasteiger partial charge in [0.2, 0.25) is 0 Å². The molecule has 0 radical (unpaired) electrons. The summed E-state index contributed by atoms with van der Waals surface area (Å²) in [6.45, 7) is 2.51. The molecule has 96 valence electrons. The summed E-state index contributed by atoms with van der Waals surface area (Å²) in [7, 11) is 0. The van der Waals surface area contributed by atoms with Crippen LogP contribution in [-0.4, -0.2) is 41.5 Å². The fraction of sp³-hybridized carbons (Fsp3) is 1.00. The molecule has 0 bridgehead atoms. The second-order valence-corrected chi connectivity index (χ2v) is 6.00. The van der Waals surface area contributed by atoms with Crippen LogP contribution in [0.25, 0.3) is 0 Å². The van der Waals surface area contributed by atoms with Gasteiger partial charge in [-0.05, 0) is 17.6 Å². The van der Waals surface area contributed by atoms with Crippen molar-refractivity contribution in [3.63, 3.8) is 0 Å². The largest absolute Gasteiger partial charge is 0.401 e. The van der Waals surface area contributed by atoms with Gasteiger partial charge >= 0.3 is 6.18 Å². The Bertz CT molecular complexity index is 245. The van der Waals surface area contributed by atoms with Gasteiger partial charge in [0.05, 0.1) is 18.7 Å². The molecule has 0 aliphatic carbocycles. The molecule has 1 atom stereocenters. The molecule has 1 aliphatic heterocycles. The molecule has 1 unspecified atom stereocenters. The van der Waals surface area contributed by atoms with Crippen LogP contribution in [-0.2, 0) is 0 Å². The first-order chi connectivity index (χ1) is 7.22. The van der Waals surface area contributed by atoms with Crippen LogP contribution < -0.4 is 5.32 Å². The average molecular weight is 257 g/mol. The lowest BCUT2D eigenvalue weighted by atomic mass is 9.71. The first-order valence-electron chi connectivity index (χ1n) is 5.23. The summed E-state index contributed by atoms with van der Waals surface area (Å²) in [4.78, 5) is 0. The summed E-state index contributed by atoms with van der Waals surface area (Å²) < 4.78 is 36.7. The molecule has 0 spiro atoms. The smallest absolute Gasteiger partial charge is 0.394 e. The van der Waals surface area contributed by atoms with Gasteiger partial charge in [-0.15, -0.1) is 0 Å². The van der Waals surface area contributed by atoms with E-state index in [4.69, 9.17) is 0 Å². The third kappa shape index (κ3) is 3.05. The topological polar surface area (TPSA) is 32.3 Å². The summed E-state index contributed by atoms with van der Waals surface area (Å²) in [5.41, 5.74) is -1.15. The van der Waals surface area contributed by atoms with Crippen molar-refractivity contribution in [1.82, 2.24) is 5.32 Å². The Morgan fingerprint density at radius 1 is 1.38 bits per heavy atom. The number of hydrogen-bond donors (Lipinski definition) is 2. The molecule has 2 nitrogen and oxygen atoms in total. The molecule has 0 amide bonds. The SMILES string of the molecule is CC1(C)CCSCC1(CO)NCC(F)(F)F. The fourth-order valence-electron chi connectivity index (χ4n) is 1.88. The normalized spacial score (nSPS) is 30.4. The molecule has 1 rings (SSSR count). The molecule has 0 aromatic heterocycles. The van der Waals surface area contributed by atoms with Crippen LogP contribution in [0.4, 0.5) is 13.2 Å². The summed E-state index contributed by atoms with van der Waals surface area (Å²) in [5.74, 6) is 1.45. The van der Waals surface area contributed by atoms with E-state index in [1.807, 2.05) is 13.8 Å². The van der Waals surface area contributed by atoms with Gasteiger partial charge in [-0.25, -0.2) is 0 Å². The maximum Gasteiger partial charge on any atom is 0.401 e. The Morgan fingerprint density at radius 2 is 2.00 bits per heavy atom. The van der Waals surface area contributed by atoms with Crippen molar-refractivity contribution in [3.05, 3.63) is 0 Å². The van der Waals surface area contributed by atoms with Crippen molar-refractivity contribution in [2.75, 3.05) is 24.7 Å². The summed E-state index contributed by atoms with van der Waals surface area (Å²) in [6, 6.07) is 0.